The molecule has 146 valence electrons. The van der Waals surface area contributed by atoms with Crippen LogP contribution in [-0.2, 0) is 6.42 Å². The molecule has 2 heterocycles. The number of aryl methyl sites for hydroxylation is 1. The number of aromatic nitrogens is 1. The molecule has 4 aromatic rings. The molecular formula is C20H14ClN3O4S. The summed E-state index contributed by atoms with van der Waals surface area (Å²) >= 11 is 7.32. The molecule has 0 saturated heterocycles. The van der Waals surface area contributed by atoms with Gasteiger partial charge in [-0.1, -0.05) is 23.7 Å². The molecule has 0 aliphatic rings. The van der Waals surface area contributed by atoms with Crippen molar-refractivity contribution in [3.63, 3.8) is 0 Å². The number of hydrogen-bond acceptors (Lipinski definition) is 6. The average molecular weight is 428 g/mol. The number of carbonyl (C=O) groups excluding carboxylic acids is 1. The molecule has 1 amide bonds. The summed E-state index contributed by atoms with van der Waals surface area (Å²) in [4.78, 5) is 28.2. The van der Waals surface area contributed by atoms with Gasteiger partial charge >= 0.3 is 0 Å². The molecule has 1 N–H and O–H groups in total. The number of rotatable bonds is 5. The van der Waals surface area contributed by atoms with E-state index in [1.54, 1.807) is 36.4 Å². The SMILES string of the molecule is Cc1nc(NC(=O)c2cc3cc(Cl)ccc3o2)sc1Cc1ccc([N+](=O)[O-])cc1. The second kappa shape index (κ2) is 7.65. The van der Waals surface area contributed by atoms with Crippen molar-refractivity contribution in [2.75, 3.05) is 5.32 Å². The van der Waals surface area contributed by atoms with Crippen LogP contribution in [0.3, 0.4) is 0 Å². The molecule has 0 aliphatic heterocycles. The molecule has 29 heavy (non-hydrogen) atoms. The molecule has 4 rings (SSSR count). The molecule has 0 fully saturated rings. The van der Waals surface area contributed by atoms with E-state index in [2.05, 4.69) is 10.3 Å². The summed E-state index contributed by atoms with van der Waals surface area (Å²) in [5, 5.41) is 15.3. The smallest absolute Gasteiger partial charge is 0.293 e. The minimum atomic E-state index is -0.429. The predicted octanol–water partition coefficient (Wildman–Crippen LogP) is 5.60. The number of benzene rings is 2. The molecule has 0 radical (unpaired) electrons. The molecule has 2 aromatic heterocycles. The third kappa shape index (κ3) is 4.13. The second-order valence-corrected chi connectivity index (χ2v) is 7.89. The topological polar surface area (TPSA) is 98.3 Å². The summed E-state index contributed by atoms with van der Waals surface area (Å²) in [5.41, 5.74) is 2.35. The summed E-state index contributed by atoms with van der Waals surface area (Å²) in [5.74, 6) is -0.222. The van der Waals surface area contributed by atoms with Crippen LogP contribution in [0.4, 0.5) is 10.8 Å². The third-order valence-corrected chi connectivity index (χ3v) is 5.64. The zero-order chi connectivity index (χ0) is 20.5. The maximum absolute atomic E-state index is 12.5. The zero-order valence-corrected chi connectivity index (χ0v) is 16.7. The molecule has 2 aromatic carbocycles. The van der Waals surface area contributed by atoms with Gasteiger partial charge in [0.1, 0.15) is 5.58 Å². The van der Waals surface area contributed by atoms with Crippen molar-refractivity contribution in [1.82, 2.24) is 4.98 Å². The summed E-state index contributed by atoms with van der Waals surface area (Å²) in [6, 6.07) is 13.2. The average Bonchev–Trinajstić information content (AvgIpc) is 3.25. The molecule has 0 bridgehead atoms. The first-order valence-electron chi connectivity index (χ1n) is 8.59. The van der Waals surface area contributed by atoms with Crippen LogP contribution in [0, 0.1) is 17.0 Å². The lowest BCUT2D eigenvalue weighted by atomic mass is 10.1. The van der Waals surface area contributed by atoms with Crippen LogP contribution < -0.4 is 5.32 Å². The van der Waals surface area contributed by atoms with Gasteiger partial charge in [-0.2, -0.15) is 0 Å². The van der Waals surface area contributed by atoms with Gasteiger partial charge in [-0.3, -0.25) is 20.2 Å². The number of nitrogens with zero attached hydrogens (tertiary/aromatic N) is 2. The number of non-ortho nitro benzene ring substituents is 1. The Balaban J connectivity index is 1.49. The minimum absolute atomic E-state index is 0.0508. The van der Waals surface area contributed by atoms with Crippen LogP contribution in [0.1, 0.15) is 26.7 Å². The van der Waals surface area contributed by atoms with Gasteiger partial charge in [-0.15, -0.1) is 11.3 Å². The van der Waals surface area contributed by atoms with Crippen molar-refractivity contribution in [2.24, 2.45) is 0 Å². The van der Waals surface area contributed by atoms with Crippen molar-refractivity contribution in [2.45, 2.75) is 13.3 Å². The second-order valence-electron chi connectivity index (χ2n) is 6.37. The Morgan fingerprint density at radius 3 is 2.72 bits per heavy atom. The fourth-order valence-electron chi connectivity index (χ4n) is 2.85. The summed E-state index contributed by atoms with van der Waals surface area (Å²) in [6.07, 6.45) is 0.570. The Morgan fingerprint density at radius 1 is 1.24 bits per heavy atom. The first-order chi connectivity index (χ1) is 13.9. The third-order valence-electron chi connectivity index (χ3n) is 4.33. The lowest BCUT2D eigenvalue weighted by Crippen LogP contribution is -2.10. The van der Waals surface area contributed by atoms with E-state index in [1.807, 2.05) is 6.92 Å². The van der Waals surface area contributed by atoms with E-state index in [9.17, 15) is 14.9 Å². The molecule has 7 nitrogen and oxygen atoms in total. The molecule has 0 aliphatic carbocycles. The summed E-state index contributed by atoms with van der Waals surface area (Å²) in [7, 11) is 0. The number of halogens is 1. The molecule has 0 saturated carbocycles. The van der Waals surface area contributed by atoms with Crippen LogP contribution in [0.25, 0.3) is 11.0 Å². The highest BCUT2D eigenvalue weighted by Crippen LogP contribution is 2.28. The van der Waals surface area contributed by atoms with Crippen molar-refractivity contribution in [3.8, 4) is 0 Å². The molecule has 0 atom stereocenters. The van der Waals surface area contributed by atoms with Gasteiger partial charge in [0.2, 0.25) is 0 Å². The number of carbonyl (C=O) groups is 1. The quantitative estimate of drug-likeness (QED) is 0.330. The van der Waals surface area contributed by atoms with E-state index in [0.29, 0.717) is 22.2 Å². The van der Waals surface area contributed by atoms with Gasteiger partial charge in [0.25, 0.3) is 11.6 Å². The maximum Gasteiger partial charge on any atom is 0.293 e. The maximum atomic E-state index is 12.5. The summed E-state index contributed by atoms with van der Waals surface area (Å²) in [6.45, 7) is 1.86. The molecule has 0 unspecified atom stereocenters. The Morgan fingerprint density at radius 2 is 2.00 bits per heavy atom. The van der Waals surface area contributed by atoms with Crippen LogP contribution in [-0.4, -0.2) is 15.8 Å². The lowest BCUT2D eigenvalue weighted by Gasteiger charge is -1.99. The lowest BCUT2D eigenvalue weighted by molar-refractivity contribution is -0.384. The van der Waals surface area contributed by atoms with Crippen LogP contribution >= 0.6 is 22.9 Å². The number of anilines is 1. The van der Waals surface area contributed by atoms with E-state index < -0.39 is 10.8 Å². The number of nitrogens with one attached hydrogen (secondary N) is 1. The van der Waals surface area contributed by atoms with Gasteiger partial charge in [-0.05, 0) is 36.8 Å². The van der Waals surface area contributed by atoms with Crippen molar-refractivity contribution in [3.05, 3.63) is 85.6 Å². The first kappa shape index (κ1) is 19.1. The first-order valence-corrected chi connectivity index (χ1v) is 9.78. The van der Waals surface area contributed by atoms with Gasteiger partial charge in [-0.25, -0.2) is 4.98 Å². The number of amides is 1. The number of nitro groups is 1. The van der Waals surface area contributed by atoms with E-state index in [0.717, 1.165) is 21.5 Å². The normalized spacial score (nSPS) is 11.0. The molecule has 0 spiro atoms. The van der Waals surface area contributed by atoms with E-state index in [1.165, 1.54) is 23.5 Å². The van der Waals surface area contributed by atoms with Crippen LogP contribution in [0.15, 0.2) is 52.9 Å². The van der Waals surface area contributed by atoms with Crippen LogP contribution in [0.5, 0.6) is 0 Å². The van der Waals surface area contributed by atoms with Gasteiger partial charge in [0, 0.05) is 33.8 Å². The van der Waals surface area contributed by atoms with Gasteiger partial charge in [0.05, 0.1) is 10.6 Å². The van der Waals surface area contributed by atoms with E-state index in [4.69, 9.17) is 16.0 Å². The monoisotopic (exact) mass is 427 g/mol. The van der Waals surface area contributed by atoms with E-state index in [-0.39, 0.29) is 11.4 Å². The number of thiazole rings is 1. The number of nitro benzene ring substituents is 1. The van der Waals surface area contributed by atoms with Crippen molar-refractivity contribution < 1.29 is 14.1 Å². The Labute approximate surface area is 174 Å². The largest absolute Gasteiger partial charge is 0.451 e. The molecular weight excluding hydrogens is 414 g/mol. The van der Waals surface area contributed by atoms with Gasteiger partial charge < -0.3 is 4.42 Å². The number of fused-ring (bicyclic) bond motifs is 1. The zero-order valence-electron chi connectivity index (χ0n) is 15.1. The van der Waals surface area contributed by atoms with Crippen molar-refractivity contribution >= 4 is 50.6 Å². The van der Waals surface area contributed by atoms with E-state index >= 15 is 0 Å². The Hall–Kier alpha value is -3.23. The minimum Gasteiger partial charge on any atom is -0.451 e. The highest BCUT2D eigenvalue weighted by atomic mass is 35.5. The standard InChI is InChI=1S/C20H14ClN3O4S/c1-11-18(8-12-2-5-15(6-3-12)24(26)27)29-20(22-11)23-19(25)17-10-13-9-14(21)4-7-16(13)28-17/h2-7,9-10H,8H2,1H3,(H,22,23,25). The van der Waals surface area contributed by atoms with Crippen molar-refractivity contribution in [1.29, 1.82) is 0 Å². The van der Waals surface area contributed by atoms with Gasteiger partial charge in [0.15, 0.2) is 10.9 Å². The predicted molar refractivity (Wildman–Crippen MR) is 112 cm³/mol. The number of hydrogen-bond donors (Lipinski definition) is 1. The fourth-order valence-corrected chi connectivity index (χ4v) is 4.02. The highest BCUT2D eigenvalue weighted by molar-refractivity contribution is 7.15. The van der Waals surface area contributed by atoms with Crippen LogP contribution in [0.2, 0.25) is 5.02 Å². The Kier molecular flexibility index (Phi) is 5.04. The highest BCUT2D eigenvalue weighted by Gasteiger charge is 2.16. The fraction of sp³-hybridized carbons (Fsp3) is 0.100. The number of furan rings is 1. The molecule has 9 heteroatoms. The Bertz CT molecular complexity index is 1230. The summed E-state index contributed by atoms with van der Waals surface area (Å²) < 4.78 is 5.57.